The average Bonchev–Trinajstić information content (AvgIpc) is 2.42. The minimum absolute atomic E-state index is 0.352. The van der Waals surface area contributed by atoms with Gasteiger partial charge in [0.1, 0.15) is 0 Å². The van der Waals surface area contributed by atoms with Crippen LogP contribution in [0, 0.1) is 5.92 Å². The molecular formula is C10H17NO2S. The maximum atomic E-state index is 10.5. The lowest BCUT2D eigenvalue weighted by molar-refractivity contribution is -0.139. The first-order valence-electron chi connectivity index (χ1n) is 5.24. The van der Waals surface area contributed by atoms with E-state index in [9.17, 15) is 4.79 Å². The highest BCUT2D eigenvalue weighted by atomic mass is 32.2. The fraction of sp³-hybridized carbons (Fsp3) is 0.900. The molecule has 4 heteroatoms. The van der Waals surface area contributed by atoms with Gasteiger partial charge >= 0.3 is 5.97 Å². The molecule has 1 N–H and O–H groups in total. The van der Waals surface area contributed by atoms with E-state index in [1.165, 1.54) is 12.2 Å². The number of thioether (sulfide) groups is 1. The Labute approximate surface area is 88.9 Å². The highest BCUT2D eigenvalue weighted by Crippen LogP contribution is 2.34. The van der Waals surface area contributed by atoms with Crippen molar-refractivity contribution in [3.63, 3.8) is 0 Å². The second kappa shape index (κ2) is 4.11. The van der Waals surface area contributed by atoms with Crippen LogP contribution in [0.1, 0.15) is 19.8 Å². The van der Waals surface area contributed by atoms with Crippen LogP contribution in [0.3, 0.4) is 0 Å². The Kier molecular flexibility index (Phi) is 3.02. The minimum Gasteiger partial charge on any atom is -0.481 e. The topological polar surface area (TPSA) is 40.5 Å². The summed E-state index contributed by atoms with van der Waals surface area (Å²) >= 11 is 2.04. The van der Waals surface area contributed by atoms with E-state index in [0.717, 1.165) is 18.3 Å². The first-order valence-corrected chi connectivity index (χ1v) is 6.29. The molecule has 2 atom stereocenters. The molecule has 0 aromatic heterocycles. The van der Waals surface area contributed by atoms with Crippen LogP contribution in [0.4, 0.5) is 0 Å². The predicted molar refractivity (Wildman–Crippen MR) is 57.6 cm³/mol. The molecule has 0 spiro atoms. The number of aliphatic carboxylic acids is 1. The molecule has 2 aliphatic rings. The van der Waals surface area contributed by atoms with Crippen LogP contribution < -0.4 is 0 Å². The fourth-order valence-corrected chi connectivity index (χ4v) is 3.74. The van der Waals surface area contributed by atoms with Gasteiger partial charge in [0, 0.05) is 24.4 Å². The zero-order valence-electron chi connectivity index (χ0n) is 8.48. The third-order valence-electron chi connectivity index (χ3n) is 3.25. The molecule has 2 unspecified atom stereocenters. The molecule has 2 fully saturated rings. The predicted octanol–water partition coefficient (Wildman–Crippen LogP) is 1.29. The summed E-state index contributed by atoms with van der Waals surface area (Å²) in [5, 5.41) is 9.37. The summed E-state index contributed by atoms with van der Waals surface area (Å²) in [4.78, 5) is 12.9. The monoisotopic (exact) mass is 215 g/mol. The second-order valence-corrected chi connectivity index (χ2v) is 5.83. The fourth-order valence-electron chi connectivity index (χ4n) is 2.46. The van der Waals surface area contributed by atoms with Crippen molar-refractivity contribution < 1.29 is 9.90 Å². The Morgan fingerprint density at radius 3 is 2.79 bits per heavy atom. The van der Waals surface area contributed by atoms with Gasteiger partial charge in [-0.1, -0.05) is 6.92 Å². The first-order chi connectivity index (χ1) is 6.66. The van der Waals surface area contributed by atoms with E-state index in [0.29, 0.717) is 18.4 Å². The molecule has 2 aliphatic heterocycles. The quantitative estimate of drug-likeness (QED) is 0.770. The molecular weight excluding hydrogens is 198 g/mol. The second-order valence-electron chi connectivity index (χ2n) is 4.35. The Bertz CT molecular complexity index is 228. The standard InChI is InChI=1S/C10H17NO2S/c1-7-9(2-3-14-7)11-5-8(6-11)4-10(12)13/h7-9H,2-6H2,1H3,(H,12,13). The number of rotatable bonds is 3. The Hall–Kier alpha value is -0.220. The molecule has 0 amide bonds. The van der Waals surface area contributed by atoms with E-state index < -0.39 is 5.97 Å². The van der Waals surface area contributed by atoms with Gasteiger partial charge in [0.2, 0.25) is 0 Å². The molecule has 14 heavy (non-hydrogen) atoms. The van der Waals surface area contributed by atoms with Gasteiger partial charge in [-0.05, 0) is 18.1 Å². The normalized spacial score (nSPS) is 34.4. The maximum Gasteiger partial charge on any atom is 0.303 e. The average molecular weight is 215 g/mol. The van der Waals surface area contributed by atoms with Gasteiger partial charge in [-0.15, -0.1) is 0 Å². The number of likely N-dealkylation sites (tertiary alicyclic amines) is 1. The van der Waals surface area contributed by atoms with Crippen LogP contribution in [0.15, 0.2) is 0 Å². The maximum absolute atomic E-state index is 10.5. The molecule has 80 valence electrons. The third-order valence-corrected chi connectivity index (χ3v) is 4.57. The number of hydrogen-bond acceptors (Lipinski definition) is 3. The van der Waals surface area contributed by atoms with Crippen LogP contribution in [0.5, 0.6) is 0 Å². The van der Waals surface area contributed by atoms with E-state index in [-0.39, 0.29) is 0 Å². The largest absolute Gasteiger partial charge is 0.481 e. The molecule has 2 rings (SSSR count). The van der Waals surface area contributed by atoms with Crippen molar-refractivity contribution in [1.82, 2.24) is 4.90 Å². The molecule has 0 radical (unpaired) electrons. The summed E-state index contributed by atoms with van der Waals surface area (Å²) in [5.74, 6) is 1.03. The van der Waals surface area contributed by atoms with Crippen molar-refractivity contribution in [2.45, 2.75) is 31.1 Å². The van der Waals surface area contributed by atoms with Crippen molar-refractivity contribution >= 4 is 17.7 Å². The molecule has 0 saturated carbocycles. The van der Waals surface area contributed by atoms with Gasteiger partial charge in [-0.2, -0.15) is 11.8 Å². The SMILES string of the molecule is CC1SCCC1N1CC(CC(=O)O)C1. The summed E-state index contributed by atoms with van der Waals surface area (Å²) in [6, 6.07) is 0.713. The zero-order chi connectivity index (χ0) is 10.1. The number of hydrogen-bond donors (Lipinski definition) is 1. The lowest BCUT2D eigenvalue weighted by Crippen LogP contribution is -2.54. The molecule has 0 aromatic rings. The van der Waals surface area contributed by atoms with E-state index in [2.05, 4.69) is 11.8 Å². The number of carboxylic acid groups (broad SMARTS) is 1. The zero-order valence-corrected chi connectivity index (χ0v) is 9.30. The van der Waals surface area contributed by atoms with Crippen molar-refractivity contribution in [3.05, 3.63) is 0 Å². The highest BCUT2D eigenvalue weighted by Gasteiger charge is 2.37. The Morgan fingerprint density at radius 1 is 1.57 bits per heavy atom. The number of nitrogens with zero attached hydrogens (tertiary/aromatic N) is 1. The summed E-state index contributed by atoms with van der Waals surface area (Å²) in [5.41, 5.74) is 0. The van der Waals surface area contributed by atoms with Gasteiger partial charge in [-0.3, -0.25) is 9.69 Å². The summed E-state index contributed by atoms with van der Waals surface area (Å²) in [6.07, 6.45) is 1.64. The van der Waals surface area contributed by atoms with E-state index in [4.69, 9.17) is 5.11 Å². The lowest BCUT2D eigenvalue weighted by atomic mass is 9.93. The van der Waals surface area contributed by atoms with Gasteiger partial charge < -0.3 is 5.11 Å². The van der Waals surface area contributed by atoms with Crippen molar-refractivity contribution in [2.24, 2.45) is 5.92 Å². The van der Waals surface area contributed by atoms with E-state index in [1.54, 1.807) is 0 Å². The van der Waals surface area contributed by atoms with Crippen LogP contribution in [0.2, 0.25) is 0 Å². The van der Waals surface area contributed by atoms with Crippen molar-refractivity contribution in [1.29, 1.82) is 0 Å². The van der Waals surface area contributed by atoms with E-state index in [1.807, 2.05) is 11.8 Å². The lowest BCUT2D eigenvalue weighted by Gasteiger charge is -2.44. The molecule has 2 heterocycles. The van der Waals surface area contributed by atoms with Gasteiger partial charge in [0.25, 0.3) is 0 Å². The van der Waals surface area contributed by atoms with Crippen LogP contribution in [-0.4, -0.2) is 46.1 Å². The van der Waals surface area contributed by atoms with E-state index >= 15 is 0 Å². The van der Waals surface area contributed by atoms with Crippen LogP contribution in [-0.2, 0) is 4.79 Å². The number of carbonyl (C=O) groups is 1. The number of carboxylic acids is 1. The summed E-state index contributed by atoms with van der Waals surface area (Å²) in [6.45, 7) is 4.29. The van der Waals surface area contributed by atoms with Crippen molar-refractivity contribution in [2.75, 3.05) is 18.8 Å². The van der Waals surface area contributed by atoms with Gasteiger partial charge in [0.05, 0.1) is 6.42 Å². The minimum atomic E-state index is -0.650. The highest BCUT2D eigenvalue weighted by molar-refractivity contribution is 8.00. The summed E-state index contributed by atoms with van der Waals surface area (Å²) in [7, 11) is 0. The van der Waals surface area contributed by atoms with Crippen LogP contribution in [0.25, 0.3) is 0 Å². The van der Waals surface area contributed by atoms with Crippen molar-refractivity contribution in [3.8, 4) is 0 Å². The Morgan fingerprint density at radius 2 is 2.29 bits per heavy atom. The first kappa shape index (κ1) is 10.3. The molecule has 0 aliphatic carbocycles. The third kappa shape index (κ3) is 2.06. The Balaban J connectivity index is 1.74. The smallest absolute Gasteiger partial charge is 0.303 e. The van der Waals surface area contributed by atoms with Gasteiger partial charge in [0.15, 0.2) is 0 Å². The molecule has 0 aromatic carbocycles. The molecule has 3 nitrogen and oxygen atoms in total. The summed E-state index contributed by atoms with van der Waals surface area (Å²) < 4.78 is 0. The van der Waals surface area contributed by atoms with Gasteiger partial charge in [-0.25, -0.2) is 0 Å². The molecule has 2 saturated heterocycles. The molecule has 0 bridgehead atoms. The van der Waals surface area contributed by atoms with Crippen LogP contribution >= 0.6 is 11.8 Å².